The Labute approximate surface area is 220 Å². The van der Waals surface area contributed by atoms with Gasteiger partial charge in [-0.15, -0.1) is 0 Å². The molecule has 0 bridgehead atoms. The monoisotopic (exact) mass is 544 g/mol. The number of carbonyl (C=O) groups excluding carboxylic acids is 2. The van der Waals surface area contributed by atoms with Crippen molar-refractivity contribution in [3.63, 3.8) is 0 Å². The topological polar surface area (TPSA) is 132 Å². The lowest BCUT2D eigenvalue weighted by Crippen LogP contribution is -2.42. The molecule has 2 amide bonds. The predicted molar refractivity (Wildman–Crippen MR) is 135 cm³/mol. The van der Waals surface area contributed by atoms with Crippen LogP contribution >= 0.6 is 0 Å². The number of benzene rings is 1. The Morgan fingerprint density at radius 3 is 2.67 bits per heavy atom. The molecule has 1 aromatic carbocycles. The summed E-state index contributed by atoms with van der Waals surface area (Å²) in [5.41, 5.74) is 4.80. The second kappa shape index (κ2) is 11.2. The van der Waals surface area contributed by atoms with Gasteiger partial charge in [-0.05, 0) is 49.2 Å². The van der Waals surface area contributed by atoms with Crippen LogP contribution in [0.1, 0.15) is 33.6 Å². The van der Waals surface area contributed by atoms with Gasteiger partial charge >= 0.3 is 6.18 Å². The van der Waals surface area contributed by atoms with E-state index >= 15 is 0 Å². The predicted octanol–water partition coefficient (Wildman–Crippen LogP) is 4.20. The molecule has 13 heteroatoms. The molecular formula is C26H24F4N6O3. The molecule has 1 aliphatic rings. The van der Waals surface area contributed by atoms with E-state index in [4.69, 9.17) is 10.5 Å². The van der Waals surface area contributed by atoms with Crippen LogP contribution in [0.2, 0.25) is 0 Å². The minimum absolute atomic E-state index is 0.0119. The molecule has 1 saturated heterocycles. The maximum atomic E-state index is 13.4. The van der Waals surface area contributed by atoms with Crippen molar-refractivity contribution in [2.45, 2.75) is 26.1 Å². The summed E-state index contributed by atoms with van der Waals surface area (Å²) in [6.45, 7) is 2.02. The van der Waals surface area contributed by atoms with Crippen LogP contribution in [0.4, 0.5) is 34.6 Å². The molecule has 1 atom stereocenters. The van der Waals surface area contributed by atoms with Gasteiger partial charge in [0.25, 0.3) is 5.91 Å². The lowest BCUT2D eigenvalue weighted by atomic mass is 9.87. The van der Waals surface area contributed by atoms with Gasteiger partial charge in [-0.3, -0.25) is 19.6 Å². The third-order valence-corrected chi connectivity index (χ3v) is 6.11. The number of amides is 2. The standard InChI is InChI=1S/C26H24F4N6O3/c1-15-6-19(36-21-3-2-17(27)8-20(21)26(28,29)30)11-33-22(15)12-34-24(38)25(4-5-39-14-25)13-35-23(37)16-7-18(31)10-32-9-16/h2-3,6-11,13,36H,4-5,12,14,31H2,1H3,(H,34,38)/t25-/m0/s1. The highest BCUT2D eigenvalue weighted by atomic mass is 19.4. The zero-order chi connectivity index (χ0) is 28.2. The van der Waals surface area contributed by atoms with Crippen molar-refractivity contribution >= 4 is 35.1 Å². The van der Waals surface area contributed by atoms with Crippen LogP contribution in [-0.4, -0.2) is 41.2 Å². The van der Waals surface area contributed by atoms with Crippen molar-refractivity contribution in [3.05, 3.63) is 77.1 Å². The SMILES string of the molecule is Cc1cc(Nc2ccc(F)cc2C(F)(F)F)cnc1CNC(=O)[C@]1(C=NC(=O)c2cncc(N)c2)CCOC1. The van der Waals surface area contributed by atoms with Crippen molar-refractivity contribution in [2.24, 2.45) is 10.4 Å². The molecular weight excluding hydrogens is 520 g/mol. The van der Waals surface area contributed by atoms with Crippen molar-refractivity contribution in [1.29, 1.82) is 0 Å². The molecule has 3 heterocycles. The van der Waals surface area contributed by atoms with Crippen molar-refractivity contribution < 1.29 is 31.9 Å². The Bertz CT molecular complexity index is 1420. The van der Waals surface area contributed by atoms with E-state index in [0.29, 0.717) is 36.0 Å². The Hall–Kier alpha value is -4.39. The number of aliphatic imine (C=N–C) groups is 1. The van der Waals surface area contributed by atoms with Crippen LogP contribution in [0.15, 0.2) is 53.9 Å². The minimum atomic E-state index is -4.75. The number of ether oxygens (including phenoxy) is 1. The van der Waals surface area contributed by atoms with E-state index in [9.17, 15) is 27.2 Å². The molecule has 3 aromatic rings. The van der Waals surface area contributed by atoms with E-state index < -0.39 is 34.8 Å². The van der Waals surface area contributed by atoms with Crippen molar-refractivity contribution in [2.75, 3.05) is 24.3 Å². The molecule has 204 valence electrons. The molecule has 2 aromatic heterocycles. The van der Waals surface area contributed by atoms with Gasteiger partial charge in [-0.2, -0.15) is 13.2 Å². The third kappa shape index (κ3) is 6.55. The number of carbonyl (C=O) groups is 2. The molecule has 9 nitrogen and oxygen atoms in total. The van der Waals surface area contributed by atoms with Crippen molar-refractivity contribution in [1.82, 2.24) is 15.3 Å². The molecule has 0 spiro atoms. The maximum absolute atomic E-state index is 13.4. The molecule has 0 unspecified atom stereocenters. The first kappa shape index (κ1) is 27.6. The number of nitrogens with one attached hydrogen (secondary N) is 2. The fourth-order valence-corrected chi connectivity index (χ4v) is 3.96. The van der Waals surface area contributed by atoms with Gasteiger partial charge in [0.2, 0.25) is 5.91 Å². The first-order valence-electron chi connectivity index (χ1n) is 11.7. The number of halogens is 4. The Morgan fingerprint density at radius 2 is 2.00 bits per heavy atom. The largest absolute Gasteiger partial charge is 0.418 e. The molecule has 0 saturated carbocycles. The van der Waals surface area contributed by atoms with E-state index in [-0.39, 0.29) is 30.1 Å². The van der Waals surface area contributed by atoms with Crippen LogP contribution in [0.5, 0.6) is 0 Å². The van der Waals surface area contributed by atoms with E-state index in [0.717, 1.165) is 12.1 Å². The zero-order valence-electron chi connectivity index (χ0n) is 20.7. The van der Waals surface area contributed by atoms with E-state index in [1.54, 1.807) is 13.0 Å². The summed E-state index contributed by atoms with van der Waals surface area (Å²) in [7, 11) is 0. The number of hydrogen-bond donors (Lipinski definition) is 3. The van der Waals surface area contributed by atoms with E-state index in [1.807, 2.05) is 0 Å². The lowest BCUT2D eigenvalue weighted by Gasteiger charge is -2.21. The molecule has 4 rings (SSSR count). The van der Waals surface area contributed by atoms with E-state index in [2.05, 4.69) is 25.6 Å². The van der Waals surface area contributed by atoms with Crippen LogP contribution in [0.25, 0.3) is 0 Å². The highest BCUT2D eigenvalue weighted by molar-refractivity contribution is 6.05. The summed E-state index contributed by atoms with van der Waals surface area (Å²) in [6, 6.07) is 5.33. The number of anilines is 3. The van der Waals surface area contributed by atoms with E-state index in [1.165, 1.54) is 30.9 Å². The summed E-state index contributed by atoms with van der Waals surface area (Å²) in [6.07, 6.45) is 0.846. The number of nitrogen functional groups attached to an aromatic ring is 1. The first-order chi connectivity index (χ1) is 18.5. The van der Waals surface area contributed by atoms with Gasteiger partial charge in [-0.25, -0.2) is 9.38 Å². The first-order valence-corrected chi connectivity index (χ1v) is 11.7. The van der Waals surface area contributed by atoms with Crippen molar-refractivity contribution in [3.8, 4) is 0 Å². The van der Waals surface area contributed by atoms with Crippen LogP contribution in [-0.2, 0) is 22.3 Å². The van der Waals surface area contributed by atoms with Gasteiger partial charge in [0.15, 0.2) is 0 Å². The fourth-order valence-electron chi connectivity index (χ4n) is 3.96. The average molecular weight is 545 g/mol. The Balaban J connectivity index is 1.44. The second-order valence-corrected chi connectivity index (χ2v) is 9.01. The maximum Gasteiger partial charge on any atom is 0.418 e. The van der Waals surface area contributed by atoms with Gasteiger partial charge in [0.1, 0.15) is 11.2 Å². The number of alkyl halides is 3. The minimum Gasteiger partial charge on any atom is -0.397 e. The number of pyridine rings is 2. The third-order valence-electron chi connectivity index (χ3n) is 6.11. The van der Waals surface area contributed by atoms with Crippen LogP contribution < -0.4 is 16.4 Å². The number of rotatable bonds is 7. The van der Waals surface area contributed by atoms with Gasteiger partial charge in [0, 0.05) is 25.2 Å². The zero-order valence-corrected chi connectivity index (χ0v) is 20.7. The average Bonchev–Trinajstić information content (AvgIpc) is 3.37. The molecule has 0 aliphatic carbocycles. The lowest BCUT2D eigenvalue weighted by molar-refractivity contribution is -0.137. The van der Waals surface area contributed by atoms with Crippen LogP contribution in [0.3, 0.4) is 0 Å². The second-order valence-electron chi connectivity index (χ2n) is 9.01. The highest BCUT2D eigenvalue weighted by Gasteiger charge is 2.41. The summed E-state index contributed by atoms with van der Waals surface area (Å²) in [4.78, 5) is 37.6. The number of nitrogens with two attached hydrogens (primary N) is 1. The molecule has 1 fully saturated rings. The summed E-state index contributed by atoms with van der Waals surface area (Å²) in [5, 5.41) is 5.39. The Morgan fingerprint density at radius 1 is 1.21 bits per heavy atom. The summed E-state index contributed by atoms with van der Waals surface area (Å²) < 4.78 is 58.7. The van der Waals surface area contributed by atoms with Gasteiger partial charge in [-0.1, -0.05) is 0 Å². The molecule has 0 radical (unpaired) electrons. The van der Waals surface area contributed by atoms with Gasteiger partial charge in [0.05, 0.1) is 53.2 Å². The quantitative estimate of drug-likeness (QED) is 0.300. The van der Waals surface area contributed by atoms with Gasteiger partial charge < -0.3 is 21.1 Å². The number of aromatic nitrogens is 2. The fraction of sp³-hybridized carbons (Fsp3) is 0.269. The smallest absolute Gasteiger partial charge is 0.397 e. The molecule has 39 heavy (non-hydrogen) atoms. The summed E-state index contributed by atoms with van der Waals surface area (Å²) >= 11 is 0. The van der Waals surface area contributed by atoms with Crippen LogP contribution in [0, 0.1) is 18.2 Å². The Kier molecular flexibility index (Phi) is 7.90. The number of nitrogens with zero attached hydrogens (tertiary/aromatic N) is 3. The summed E-state index contributed by atoms with van der Waals surface area (Å²) in [5.74, 6) is -2.04. The number of hydrogen-bond acceptors (Lipinski definition) is 7. The molecule has 1 aliphatic heterocycles. The number of aryl methyl sites for hydroxylation is 1. The highest BCUT2D eigenvalue weighted by Crippen LogP contribution is 2.36. The normalized spacial score (nSPS) is 17.4. The molecule has 4 N–H and O–H groups in total.